The molecule has 1 saturated heterocycles. The summed E-state index contributed by atoms with van der Waals surface area (Å²) in [7, 11) is 0. The maximum absolute atomic E-state index is 12.6. The van der Waals surface area contributed by atoms with Gasteiger partial charge in [-0.05, 0) is 57.0 Å². The number of carbonyl (C=O) groups excluding carboxylic acids is 1. The first kappa shape index (κ1) is 19.4. The van der Waals surface area contributed by atoms with Crippen LogP contribution in [0.4, 0.5) is 5.69 Å². The van der Waals surface area contributed by atoms with Crippen molar-refractivity contribution in [2.75, 3.05) is 18.4 Å². The molecule has 1 aliphatic rings. The fraction of sp³-hybridized carbons (Fsp3) is 0.409. The lowest BCUT2D eigenvalue weighted by atomic mass is 9.95. The minimum atomic E-state index is -0.319. The molecule has 0 unspecified atom stereocenters. The van der Waals surface area contributed by atoms with Gasteiger partial charge in [-0.1, -0.05) is 12.1 Å². The van der Waals surface area contributed by atoms with Gasteiger partial charge in [0.15, 0.2) is 0 Å². The number of carbonyl (C=O) groups is 1. The summed E-state index contributed by atoms with van der Waals surface area (Å²) in [6.45, 7) is 7.09. The van der Waals surface area contributed by atoms with Crippen molar-refractivity contribution in [1.82, 2.24) is 14.7 Å². The normalized spacial score (nSPS) is 15.7. The number of amides is 1. The van der Waals surface area contributed by atoms with E-state index in [1.807, 2.05) is 38.2 Å². The van der Waals surface area contributed by atoms with Gasteiger partial charge in [-0.25, -0.2) is 4.79 Å². The quantitative estimate of drug-likeness (QED) is 0.673. The molecule has 29 heavy (non-hydrogen) atoms. The Hall–Kier alpha value is -2.93. The van der Waals surface area contributed by atoms with E-state index in [9.17, 15) is 9.59 Å². The molecule has 3 aromatic rings. The predicted octanol–water partition coefficient (Wildman–Crippen LogP) is 3.17. The molecule has 3 heterocycles. The highest BCUT2D eigenvalue weighted by Gasteiger charge is 2.25. The Bertz CT molecular complexity index is 1080. The van der Waals surface area contributed by atoms with Crippen molar-refractivity contribution in [2.24, 2.45) is 5.92 Å². The summed E-state index contributed by atoms with van der Waals surface area (Å²) in [5, 5.41) is 8.14. The number of anilines is 1. The Labute approximate surface area is 169 Å². The zero-order chi connectivity index (χ0) is 20.4. The Morgan fingerprint density at radius 1 is 1.28 bits per heavy atom. The lowest BCUT2D eigenvalue weighted by molar-refractivity contribution is -0.121. The Kier molecular flexibility index (Phi) is 5.49. The van der Waals surface area contributed by atoms with Gasteiger partial charge in [0, 0.05) is 36.7 Å². The number of aromatic nitrogens is 2. The standard InChI is InChI=1S/C22H26N4O3/c1-3-26-14-18(12-23-26)24-22(28)16-6-8-25(9-7-16)13-17-11-21(27)29-20-10-15(2)4-5-19(17)20/h4-5,10-12,14,16H,3,6-9,13H2,1-2H3,(H,24,28). The third-order valence-electron chi connectivity index (χ3n) is 5.56. The van der Waals surface area contributed by atoms with E-state index in [-0.39, 0.29) is 17.5 Å². The smallest absolute Gasteiger partial charge is 0.336 e. The number of rotatable bonds is 5. The SMILES string of the molecule is CCn1cc(NC(=O)C2CCN(Cc3cc(=O)oc4cc(C)ccc34)CC2)cn1. The molecule has 1 amide bonds. The van der Waals surface area contributed by atoms with Crippen LogP contribution in [-0.4, -0.2) is 33.7 Å². The molecule has 4 rings (SSSR count). The molecule has 1 aliphatic heterocycles. The number of nitrogens with zero attached hydrogens (tertiary/aromatic N) is 3. The molecule has 2 aromatic heterocycles. The van der Waals surface area contributed by atoms with Crippen LogP contribution >= 0.6 is 0 Å². The van der Waals surface area contributed by atoms with Gasteiger partial charge < -0.3 is 9.73 Å². The summed E-state index contributed by atoms with van der Waals surface area (Å²) in [5.74, 6) is 0.0537. The fourth-order valence-corrected chi connectivity index (χ4v) is 3.91. The average Bonchev–Trinajstić information content (AvgIpc) is 3.15. The van der Waals surface area contributed by atoms with Crippen LogP contribution in [0.2, 0.25) is 0 Å². The zero-order valence-electron chi connectivity index (χ0n) is 16.9. The van der Waals surface area contributed by atoms with Gasteiger partial charge in [0.2, 0.25) is 5.91 Å². The third-order valence-corrected chi connectivity index (χ3v) is 5.56. The first-order valence-electron chi connectivity index (χ1n) is 10.1. The number of benzene rings is 1. The Morgan fingerprint density at radius 2 is 2.07 bits per heavy atom. The second-order valence-electron chi connectivity index (χ2n) is 7.71. The van der Waals surface area contributed by atoms with E-state index in [4.69, 9.17) is 4.42 Å². The van der Waals surface area contributed by atoms with E-state index in [2.05, 4.69) is 15.3 Å². The summed E-state index contributed by atoms with van der Waals surface area (Å²) < 4.78 is 7.15. The lowest BCUT2D eigenvalue weighted by Gasteiger charge is -2.31. The summed E-state index contributed by atoms with van der Waals surface area (Å²) in [5.41, 5.74) is 3.10. The van der Waals surface area contributed by atoms with Gasteiger partial charge in [-0.2, -0.15) is 5.10 Å². The van der Waals surface area contributed by atoms with Crippen LogP contribution in [0, 0.1) is 12.8 Å². The number of hydrogen-bond acceptors (Lipinski definition) is 5. The van der Waals surface area contributed by atoms with Gasteiger partial charge in [0.1, 0.15) is 5.58 Å². The Morgan fingerprint density at radius 3 is 2.79 bits per heavy atom. The minimum Gasteiger partial charge on any atom is -0.423 e. The highest BCUT2D eigenvalue weighted by Crippen LogP contribution is 2.24. The molecule has 0 radical (unpaired) electrons. The summed E-state index contributed by atoms with van der Waals surface area (Å²) in [6.07, 6.45) is 5.13. The molecule has 152 valence electrons. The van der Waals surface area contributed by atoms with E-state index in [1.54, 1.807) is 16.9 Å². The van der Waals surface area contributed by atoms with Crippen molar-refractivity contribution in [3.8, 4) is 0 Å². The summed E-state index contributed by atoms with van der Waals surface area (Å²) in [4.78, 5) is 26.8. The number of nitrogens with one attached hydrogen (secondary N) is 1. The number of aryl methyl sites for hydroxylation is 2. The highest BCUT2D eigenvalue weighted by molar-refractivity contribution is 5.92. The van der Waals surface area contributed by atoms with Crippen LogP contribution in [0.25, 0.3) is 11.0 Å². The van der Waals surface area contributed by atoms with Crippen molar-refractivity contribution in [2.45, 2.75) is 39.8 Å². The molecule has 1 aromatic carbocycles. The van der Waals surface area contributed by atoms with E-state index in [0.29, 0.717) is 12.1 Å². The molecule has 7 nitrogen and oxygen atoms in total. The molecule has 0 bridgehead atoms. The largest absolute Gasteiger partial charge is 0.423 e. The maximum atomic E-state index is 12.6. The number of piperidine rings is 1. The highest BCUT2D eigenvalue weighted by atomic mass is 16.4. The van der Waals surface area contributed by atoms with E-state index in [0.717, 1.165) is 54.7 Å². The number of hydrogen-bond donors (Lipinski definition) is 1. The number of likely N-dealkylation sites (tertiary alicyclic amines) is 1. The summed E-state index contributed by atoms with van der Waals surface area (Å²) in [6, 6.07) is 7.53. The van der Waals surface area contributed by atoms with Crippen molar-refractivity contribution in [3.05, 3.63) is 58.2 Å². The molecule has 0 atom stereocenters. The van der Waals surface area contributed by atoms with Crippen LogP contribution in [0.1, 0.15) is 30.9 Å². The third kappa shape index (κ3) is 4.40. The molecule has 0 saturated carbocycles. The van der Waals surface area contributed by atoms with Crippen LogP contribution in [0.3, 0.4) is 0 Å². The molecule has 7 heteroatoms. The van der Waals surface area contributed by atoms with Crippen molar-refractivity contribution < 1.29 is 9.21 Å². The van der Waals surface area contributed by atoms with Crippen LogP contribution in [0.5, 0.6) is 0 Å². The topological polar surface area (TPSA) is 80.4 Å². The molecular formula is C22H26N4O3. The monoisotopic (exact) mass is 394 g/mol. The first-order chi connectivity index (χ1) is 14.0. The number of fused-ring (bicyclic) bond motifs is 1. The lowest BCUT2D eigenvalue weighted by Crippen LogP contribution is -2.37. The van der Waals surface area contributed by atoms with Crippen LogP contribution in [-0.2, 0) is 17.9 Å². The summed E-state index contributed by atoms with van der Waals surface area (Å²) >= 11 is 0. The Balaban J connectivity index is 1.38. The zero-order valence-corrected chi connectivity index (χ0v) is 16.9. The maximum Gasteiger partial charge on any atom is 0.336 e. The van der Waals surface area contributed by atoms with E-state index in [1.165, 1.54) is 0 Å². The fourth-order valence-electron chi connectivity index (χ4n) is 3.91. The predicted molar refractivity (Wildman–Crippen MR) is 112 cm³/mol. The van der Waals surface area contributed by atoms with Crippen molar-refractivity contribution in [3.63, 3.8) is 0 Å². The molecule has 1 N–H and O–H groups in total. The molecule has 1 fully saturated rings. The van der Waals surface area contributed by atoms with Crippen molar-refractivity contribution >= 4 is 22.6 Å². The first-order valence-corrected chi connectivity index (χ1v) is 10.1. The molecular weight excluding hydrogens is 368 g/mol. The molecule has 0 aliphatic carbocycles. The minimum absolute atomic E-state index is 0.00327. The van der Waals surface area contributed by atoms with E-state index >= 15 is 0 Å². The van der Waals surface area contributed by atoms with Crippen molar-refractivity contribution in [1.29, 1.82) is 0 Å². The van der Waals surface area contributed by atoms with Gasteiger partial charge in [-0.3, -0.25) is 14.4 Å². The second-order valence-corrected chi connectivity index (χ2v) is 7.71. The van der Waals surface area contributed by atoms with Gasteiger partial charge in [0.05, 0.1) is 11.9 Å². The van der Waals surface area contributed by atoms with Gasteiger partial charge in [-0.15, -0.1) is 0 Å². The van der Waals surface area contributed by atoms with Crippen LogP contribution < -0.4 is 10.9 Å². The van der Waals surface area contributed by atoms with Gasteiger partial charge >= 0.3 is 5.63 Å². The van der Waals surface area contributed by atoms with Crippen LogP contribution in [0.15, 0.2) is 45.9 Å². The average molecular weight is 394 g/mol. The second kappa shape index (κ2) is 8.21. The molecule has 0 spiro atoms. The van der Waals surface area contributed by atoms with E-state index < -0.39 is 0 Å². The van der Waals surface area contributed by atoms with Gasteiger partial charge in [0.25, 0.3) is 0 Å².